The van der Waals surface area contributed by atoms with Gasteiger partial charge in [0, 0.05) is 54.3 Å². The van der Waals surface area contributed by atoms with Crippen molar-refractivity contribution in [1.82, 2.24) is 24.9 Å². The second-order valence-corrected chi connectivity index (χ2v) is 13.9. The zero-order valence-electron chi connectivity index (χ0n) is 29.4. The van der Waals surface area contributed by atoms with Gasteiger partial charge in [0.25, 0.3) is 0 Å². The number of piperidine rings is 1. The van der Waals surface area contributed by atoms with Crippen LogP contribution < -0.4 is 4.74 Å². The van der Waals surface area contributed by atoms with Crippen molar-refractivity contribution >= 4 is 33.7 Å². The Balaban J connectivity index is 1.29. The van der Waals surface area contributed by atoms with Crippen molar-refractivity contribution in [2.75, 3.05) is 46.5 Å². The number of hydrogen-bond donors (Lipinski definition) is 0. The van der Waals surface area contributed by atoms with Crippen LogP contribution in [0.25, 0.3) is 50.1 Å². The number of aryl methyl sites for hydroxylation is 3. The van der Waals surface area contributed by atoms with Gasteiger partial charge in [-0.2, -0.15) is 0 Å². The fraction of sp³-hybridized carbons (Fsp3) is 0.400. The highest BCUT2D eigenvalue weighted by Crippen LogP contribution is 2.43. The third-order valence-electron chi connectivity index (χ3n) is 10.5. The molecule has 2 aromatic heterocycles. The quantitative estimate of drug-likeness (QED) is 0.168. The zero-order valence-corrected chi connectivity index (χ0v) is 29.4. The minimum Gasteiger partial charge on any atom is -0.496 e. The lowest BCUT2D eigenvalue weighted by molar-refractivity contribution is -0.138. The number of fused-ring (bicyclic) bond motifs is 3. The second kappa shape index (κ2) is 13.0. The third-order valence-corrected chi connectivity index (χ3v) is 10.5. The number of hydrogen-bond acceptors (Lipinski definition) is 8. The first kappa shape index (κ1) is 32.9. The van der Waals surface area contributed by atoms with Gasteiger partial charge in [-0.1, -0.05) is 36.0 Å². The van der Waals surface area contributed by atoms with Crippen LogP contribution in [0.15, 0.2) is 53.6 Å². The molecule has 2 aliphatic rings. The Hall–Kier alpha value is -4.60. The van der Waals surface area contributed by atoms with Crippen molar-refractivity contribution in [2.24, 2.45) is 0 Å². The van der Waals surface area contributed by atoms with Crippen LogP contribution in [0.2, 0.25) is 0 Å². The number of rotatable bonds is 7. The maximum Gasteiger partial charge on any atom is 0.232 e. The highest BCUT2D eigenvalue weighted by atomic mass is 16.5. The van der Waals surface area contributed by atoms with Crippen LogP contribution in [0.5, 0.6) is 5.75 Å². The molecule has 0 atom stereocenters. The van der Waals surface area contributed by atoms with Crippen molar-refractivity contribution in [3.05, 3.63) is 77.4 Å². The van der Waals surface area contributed by atoms with Crippen molar-refractivity contribution in [1.29, 1.82) is 0 Å². The first-order chi connectivity index (χ1) is 23.6. The molecule has 49 heavy (non-hydrogen) atoms. The van der Waals surface area contributed by atoms with Crippen LogP contribution in [0.3, 0.4) is 0 Å². The van der Waals surface area contributed by atoms with E-state index in [9.17, 15) is 4.79 Å². The molecule has 3 aromatic carbocycles. The Morgan fingerprint density at radius 2 is 1.78 bits per heavy atom. The van der Waals surface area contributed by atoms with E-state index in [0.29, 0.717) is 17.6 Å². The molecule has 2 fully saturated rings. The molecule has 2 saturated heterocycles. The summed E-state index contributed by atoms with van der Waals surface area (Å²) in [6.45, 7) is 19.1. The average molecular weight is 660 g/mol. The third kappa shape index (κ3) is 5.89. The summed E-state index contributed by atoms with van der Waals surface area (Å²) < 4.78 is 17.0. The lowest BCUT2D eigenvalue weighted by atomic mass is 9.81. The molecule has 0 saturated carbocycles. The number of likely N-dealkylation sites (tertiary alicyclic amines) is 1. The molecule has 0 N–H and O–H groups in total. The average Bonchev–Trinajstić information content (AvgIpc) is 3.47. The second-order valence-electron chi connectivity index (χ2n) is 13.9. The van der Waals surface area contributed by atoms with E-state index in [4.69, 9.17) is 24.0 Å². The van der Waals surface area contributed by atoms with E-state index in [1.54, 1.807) is 7.11 Å². The molecule has 2 aliphatic heterocycles. The summed E-state index contributed by atoms with van der Waals surface area (Å²) in [6, 6.07) is 15.1. The van der Waals surface area contributed by atoms with Crippen LogP contribution >= 0.6 is 0 Å². The minimum atomic E-state index is -0.722. The van der Waals surface area contributed by atoms with Crippen molar-refractivity contribution in [3.63, 3.8) is 0 Å². The summed E-state index contributed by atoms with van der Waals surface area (Å²) in [6.07, 6.45) is 3.83. The lowest BCUT2D eigenvalue weighted by Gasteiger charge is -2.42. The lowest BCUT2D eigenvalue weighted by Crippen LogP contribution is -2.52. The van der Waals surface area contributed by atoms with E-state index in [0.717, 1.165) is 119 Å². The van der Waals surface area contributed by atoms with Crippen LogP contribution in [0.1, 0.15) is 55.1 Å². The summed E-state index contributed by atoms with van der Waals surface area (Å²) in [7, 11) is 1.68. The normalized spacial score (nSPS) is 16.4. The van der Waals surface area contributed by atoms with Gasteiger partial charge in [-0.15, -0.1) is 0 Å². The Morgan fingerprint density at radius 1 is 1.02 bits per heavy atom. The largest absolute Gasteiger partial charge is 0.496 e. The number of nitrogens with zero attached hydrogens (tertiary/aromatic N) is 5. The SMILES string of the molecule is C=Cc1cc2cc(-c3c(C)noc3C)c(OC)cc2c2c(-c3cccc(C(C)(C)C(=O)N4CCC(N5CCOCC5)CC4)c3)nc(C)nc12. The number of carbonyl (C=O) groups is 1. The first-order valence-electron chi connectivity index (χ1n) is 17.2. The first-order valence-corrected chi connectivity index (χ1v) is 17.2. The van der Waals surface area contributed by atoms with Crippen LogP contribution in [0, 0.1) is 20.8 Å². The Bertz CT molecular complexity index is 2050. The molecular weight excluding hydrogens is 614 g/mol. The number of morpholine rings is 1. The van der Waals surface area contributed by atoms with E-state index < -0.39 is 5.41 Å². The fourth-order valence-corrected chi connectivity index (χ4v) is 7.75. The Labute approximate surface area is 287 Å². The number of aromatic nitrogens is 3. The molecule has 0 unspecified atom stereocenters. The monoisotopic (exact) mass is 659 g/mol. The van der Waals surface area contributed by atoms with Gasteiger partial charge >= 0.3 is 0 Å². The van der Waals surface area contributed by atoms with Crippen molar-refractivity contribution < 1.29 is 18.8 Å². The van der Waals surface area contributed by atoms with Gasteiger partial charge in [0.05, 0.1) is 48.2 Å². The van der Waals surface area contributed by atoms with Gasteiger partial charge in [-0.05, 0) is 88.1 Å². The summed E-state index contributed by atoms with van der Waals surface area (Å²) in [4.78, 5) is 28.7. The van der Waals surface area contributed by atoms with E-state index in [1.807, 2.05) is 46.8 Å². The Morgan fingerprint density at radius 3 is 2.45 bits per heavy atom. The van der Waals surface area contributed by atoms with Crippen LogP contribution in [-0.2, 0) is 14.9 Å². The highest BCUT2D eigenvalue weighted by Gasteiger charge is 2.37. The van der Waals surface area contributed by atoms with Crippen LogP contribution in [0.4, 0.5) is 0 Å². The molecule has 0 spiro atoms. The van der Waals surface area contributed by atoms with Crippen molar-refractivity contribution in [3.8, 4) is 28.1 Å². The number of carbonyl (C=O) groups excluding carboxylic acids is 1. The number of ether oxygens (including phenoxy) is 2. The summed E-state index contributed by atoms with van der Waals surface area (Å²) in [5.74, 6) is 2.26. The Kier molecular flexibility index (Phi) is 8.75. The number of methoxy groups -OCH3 is 1. The van der Waals surface area contributed by atoms with Gasteiger partial charge in [0.15, 0.2) is 0 Å². The molecule has 0 bridgehead atoms. The molecule has 7 rings (SSSR count). The van der Waals surface area contributed by atoms with Gasteiger partial charge in [0.1, 0.15) is 17.3 Å². The highest BCUT2D eigenvalue weighted by molar-refractivity contribution is 6.16. The minimum absolute atomic E-state index is 0.157. The van der Waals surface area contributed by atoms with E-state index in [1.165, 1.54) is 0 Å². The van der Waals surface area contributed by atoms with Crippen LogP contribution in [-0.4, -0.2) is 83.4 Å². The van der Waals surface area contributed by atoms with Gasteiger partial charge in [0.2, 0.25) is 5.91 Å². The molecule has 254 valence electrons. The summed E-state index contributed by atoms with van der Waals surface area (Å²) >= 11 is 0. The van der Waals surface area contributed by atoms with Gasteiger partial charge in [-0.25, -0.2) is 9.97 Å². The fourth-order valence-electron chi connectivity index (χ4n) is 7.75. The molecular formula is C40H45N5O4. The summed E-state index contributed by atoms with van der Waals surface area (Å²) in [5.41, 5.74) is 6.33. The van der Waals surface area contributed by atoms with Gasteiger partial charge < -0.3 is 18.9 Å². The topological polar surface area (TPSA) is 93.8 Å². The molecule has 9 heteroatoms. The molecule has 5 aromatic rings. The predicted octanol–water partition coefficient (Wildman–Crippen LogP) is 7.28. The zero-order chi connectivity index (χ0) is 34.4. The maximum absolute atomic E-state index is 14.2. The molecule has 0 aliphatic carbocycles. The van der Waals surface area contributed by atoms with E-state index in [2.05, 4.69) is 57.9 Å². The van der Waals surface area contributed by atoms with Gasteiger partial charge in [-0.3, -0.25) is 9.69 Å². The standard InChI is InChI=1S/C40H45N5O4/c1-8-27-20-29-22-33(35-24(2)43-49-25(35)3)34(47-7)23-32(29)36-37(27)41-26(4)42-38(36)28-10-9-11-30(21-28)40(5,6)39(46)45-14-12-31(13-15-45)44-16-18-48-19-17-44/h8-11,20-23,31H,1,12-19H2,2-7H3. The van der Waals surface area contributed by atoms with Crippen molar-refractivity contribution in [2.45, 2.75) is 58.9 Å². The predicted molar refractivity (Wildman–Crippen MR) is 194 cm³/mol. The number of benzene rings is 3. The van der Waals surface area contributed by atoms with E-state index >= 15 is 0 Å². The number of amides is 1. The smallest absolute Gasteiger partial charge is 0.232 e. The molecule has 9 nitrogen and oxygen atoms in total. The van der Waals surface area contributed by atoms with E-state index in [-0.39, 0.29) is 5.91 Å². The molecule has 4 heterocycles. The molecule has 0 radical (unpaired) electrons. The summed E-state index contributed by atoms with van der Waals surface area (Å²) in [5, 5.41) is 7.06. The molecule has 1 amide bonds. The maximum atomic E-state index is 14.2.